The molecule has 0 saturated carbocycles. The van der Waals surface area contributed by atoms with Gasteiger partial charge in [0, 0.05) is 30.2 Å². The fourth-order valence-electron chi connectivity index (χ4n) is 3.14. The van der Waals surface area contributed by atoms with Gasteiger partial charge in [0.1, 0.15) is 5.82 Å². The minimum atomic E-state index is -0.0640. The van der Waals surface area contributed by atoms with Gasteiger partial charge in [0.2, 0.25) is 0 Å². The predicted molar refractivity (Wildman–Crippen MR) is 86.4 cm³/mol. The normalized spacial score (nSPS) is 18.5. The van der Waals surface area contributed by atoms with E-state index in [2.05, 4.69) is 15.1 Å². The third-order valence-electron chi connectivity index (χ3n) is 4.24. The Hall–Kier alpha value is -2.34. The molecule has 1 amide bonds. The van der Waals surface area contributed by atoms with Gasteiger partial charge in [-0.1, -0.05) is 11.6 Å². The standard InChI is InChI=1S/C16H16ClN5O/c17-11-4-8-22-12(9-11)10-13(20-22)16(23)21-7-2-1-3-14(21)15-18-5-6-19-15/h4-6,8-10,14H,1-3,7H2,(H,18,19). The molecule has 23 heavy (non-hydrogen) atoms. The first-order chi connectivity index (χ1) is 11.2. The van der Waals surface area contributed by atoms with Crippen molar-refractivity contribution in [1.82, 2.24) is 24.5 Å². The van der Waals surface area contributed by atoms with Crippen molar-refractivity contribution in [2.45, 2.75) is 25.3 Å². The molecule has 1 N–H and O–H groups in total. The number of piperidine rings is 1. The summed E-state index contributed by atoms with van der Waals surface area (Å²) in [4.78, 5) is 22.3. The third kappa shape index (κ3) is 2.59. The minimum absolute atomic E-state index is 0.0142. The minimum Gasteiger partial charge on any atom is -0.347 e. The zero-order chi connectivity index (χ0) is 15.8. The van der Waals surface area contributed by atoms with Crippen LogP contribution in [-0.4, -0.2) is 36.9 Å². The predicted octanol–water partition coefficient (Wildman–Crippen LogP) is 3.08. The van der Waals surface area contributed by atoms with Crippen LogP contribution in [0.4, 0.5) is 0 Å². The zero-order valence-corrected chi connectivity index (χ0v) is 13.2. The fourth-order valence-corrected chi connectivity index (χ4v) is 3.31. The first kappa shape index (κ1) is 14.3. The number of H-pyrrole nitrogens is 1. The maximum atomic E-state index is 12.9. The SMILES string of the molecule is O=C(c1cc2cc(Cl)ccn2n1)N1CCCCC1c1ncc[nH]1. The second kappa shape index (κ2) is 5.70. The number of nitrogens with one attached hydrogen (secondary N) is 1. The highest BCUT2D eigenvalue weighted by Crippen LogP contribution is 2.30. The molecular weight excluding hydrogens is 314 g/mol. The van der Waals surface area contributed by atoms with Crippen LogP contribution in [0.5, 0.6) is 0 Å². The second-order valence-electron chi connectivity index (χ2n) is 5.73. The molecule has 4 heterocycles. The first-order valence-corrected chi connectivity index (χ1v) is 8.05. The molecule has 7 heteroatoms. The van der Waals surface area contributed by atoms with E-state index in [0.717, 1.165) is 37.1 Å². The molecule has 1 aliphatic rings. The number of amides is 1. The average molecular weight is 330 g/mol. The van der Waals surface area contributed by atoms with Crippen molar-refractivity contribution < 1.29 is 4.79 Å². The number of fused-ring (bicyclic) bond motifs is 1. The first-order valence-electron chi connectivity index (χ1n) is 7.67. The summed E-state index contributed by atoms with van der Waals surface area (Å²) in [6.07, 6.45) is 8.28. The van der Waals surface area contributed by atoms with Crippen molar-refractivity contribution in [2.24, 2.45) is 0 Å². The maximum Gasteiger partial charge on any atom is 0.275 e. The summed E-state index contributed by atoms with van der Waals surface area (Å²) in [5, 5.41) is 5.01. The number of rotatable bonds is 2. The molecule has 0 aliphatic carbocycles. The molecule has 1 saturated heterocycles. The van der Waals surface area contributed by atoms with E-state index >= 15 is 0 Å². The number of hydrogen-bond donors (Lipinski definition) is 1. The Morgan fingerprint density at radius 3 is 3.09 bits per heavy atom. The lowest BCUT2D eigenvalue weighted by Gasteiger charge is -2.34. The lowest BCUT2D eigenvalue weighted by molar-refractivity contribution is 0.0594. The molecule has 4 rings (SSSR count). The highest BCUT2D eigenvalue weighted by Gasteiger charge is 2.31. The molecule has 118 valence electrons. The Morgan fingerprint density at radius 1 is 1.35 bits per heavy atom. The second-order valence-corrected chi connectivity index (χ2v) is 6.16. The smallest absolute Gasteiger partial charge is 0.275 e. The number of aromatic amines is 1. The number of hydrogen-bond acceptors (Lipinski definition) is 3. The number of likely N-dealkylation sites (tertiary alicyclic amines) is 1. The Labute approximate surface area is 138 Å². The molecule has 3 aromatic rings. The molecule has 6 nitrogen and oxygen atoms in total. The number of nitrogens with zero attached hydrogens (tertiary/aromatic N) is 4. The number of halogens is 1. The molecular formula is C16H16ClN5O. The fraction of sp³-hybridized carbons (Fsp3) is 0.312. The van der Waals surface area contributed by atoms with E-state index in [0.29, 0.717) is 10.7 Å². The van der Waals surface area contributed by atoms with Gasteiger partial charge >= 0.3 is 0 Å². The Balaban J connectivity index is 1.67. The van der Waals surface area contributed by atoms with Crippen molar-refractivity contribution in [3.8, 4) is 0 Å². The Bertz CT molecular complexity index is 841. The van der Waals surface area contributed by atoms with Crippen molar-refractivity contribution in [3.05, 3.63) is 53.3 Å². The van der Waals surface area contributed by atoms with Crippen molar-refractivity contribution in [3.63, 3.8) is 0 Å². The van der Waals surface area contributed by atoms with E-state index in [1.165, 1.54) is 0 Å². The number of aromatic nitrogens is 4. The van der Waals surface area contributed by atoms with Gasteiger partial charge < -0.3 is 9.88 Å². The van der Waals surface area contributed by atoms with E-state index < -0.39 is 0 Å². The van der Waals surface area contributed by atoms with E-state index in [9.17, 15) is 4.79 Å². The van der Waals surface area contributed by atoms with Gasteiger partial charge in [0.05, 0.1) is 11.6 Å². The van der Waals surface area contributed by atoms with Gasteiger partial charge in [-0.3, -0.25) is 4.79 Å². The molecule has 0 bridgehead atoms. The molecule has 1 atom stereocenters. The summed E-state index contributed by atoms with van der Waals surface area (Å²) in [7, 11) is 0. The zero-order valence-electron chi connectivity index (χ0n) is 12.4. The molecule has 1 aliphatic heterocycles. The molecule has 1 unspecified atom stereocenters. The van der Waals surface area contributed by atoms with Crippen LogP contribution >= 0.6 is 11.6 Å². The topological polar surface area (TPSA) is 66.3 Å². The largest absolute Gasteiger partial charge is 0.347 e. The highest BCUT2D eigenvalue weighted by atomic mass is 35.5. The summed E-state index contributed by atoms with van der Waals surface area (Å²) in [6, 6.07) is 5.32. The van der Waals surface area contributed by atoms with Crippen molar-refractivity contribution in [1.29, 1.82) is 0 Å². The lowest BCUT2D eigenvalue weighted by atomic mass is 10.0. The van der Waals surface area contributed by atoms with Gasteiger partial charge in [0.25, 0.3) is 5.91 Å². The Morgan fingerprint density at radius 2 is 2.26 bits per heavy atom. The monoisotopic (exact) mass is 329 g/mol. The average Bonchev–Trinajstić information content (AvgIpc) is 3.23. The number of imidazole rings is 1. The molecule has 3 aromatic heterocycles. The molecule has 0 radical (unpaired) electrons. The van der Waals surface area contributed by atoms with Crippen LogP contribution in [0.25, 0.3) is 5.52 Å². The summed E-state index contributed by atoms with van der Waals surface area (Å²) >= 11 is 6.00. The van der Waals surface area contributed by atoms with E-state index in [1.54, 1.807) is 41.3 Å². The van der Waals surface area contributed by atoms with E-state index in [-0.39, 0.29) is 11.9 Å². The van der Waals surface area contributed by atoms with Crippen LogP contribution in [0.3, 0.4) is 0 Å². The van der Waals surface area contributed by atoms with Crippen LogP contribution in [0, 0.1) is 0 Å². The van der Waals surface area contributed by atoms with Gasteiger partial charge in [-0.25, -0.2) is 9.50 Å². The Kier molecular flexibility index (Phi) is 3.53. The molecule has 0 spiro atoms. The molecule has 0 aromatic carbocycles. The lowest BCUT2D eigenvalue weighted by Crippen LogP contribution is -2.39. The van der Waals surface area contributed by atoms with Crippen LogP contribution in [0.1, 0.15) is 41.6 Å². The van der Waals surface area contributed by atoms with Crippen LogP contribution < -0.4 is 0 Å². The van der Waals surface area contributed by atoms with Crippen LogP contribution in [0.15, 0.2) is 36.8 Å². The van der Waals surface area contributed by atoms with Crippen LogP contribution in [0.2, 0.25) is 5.02 Å². The van der Waals surface area contributed by atoms with Gasteiger partial charge in [-0.2, -0.15) is 5.10 Å². The maximum absolute atomic E-state index is 12.9. The number of carbonyl (C=O) groups excluding carboxylic acids is 1. The summed E-state index contributed by atoms with van der Waals surface area (Å²) < 4.78 is 1.67. The van der Waals surface area contributed by atoms with Crippen LogP contribution in [-0.2, 0) is 0 Å². The van der Waals surface area contributed by atoms with Gasteiger partial charge in [0.15, 0.2) is 5.69 Å². The summed E-state index contributed by atoms with van der Waals surface area (Å²) in [5.41, 5.74) is 1.25. The number of pyridine rings is 1. The van der Waals surface area contributed by atoms with Crippen molar-refractivity contribution >= 4 is 23.0 Å². The molecule has 1 fully saturated rings. The highest BCUT2D eigenvalue weighted by molar-refractivity contribution is 6.30. The number of carbonyl (C=O) groups is 1. The van der Waals surface area contributed by atoms with Gasteiger partial charge in [-0.05, 0) is 37.5 Å². The quantitative estimate of drug-likeness (QED) is 0.785. The van der Waals surface area contributed by atoms with Gasteiger partial charge in [-0.15, -0.1) is 0 Å². The summed E-state index contributed by atoms with van der Waals surface area (Å²) in [5.74, 6) is 0.774. The van der Waals surface area contributed by atoms with E-state index in [4.69, 9.17) is 11.6 Å². The van der Waals surface area contributed by atoms with E-state index in [1.807, 2.05) is 4.90 Å². The third-order valence-corrected chi connectivity index (χ3v) is 4.48. The summed E-state index contributed by atoms with van der Waals surface area (Å²) in [6.45, 7) is 0.721. The van der Waals surface area contributed by atoms with Crippen molar-refractivity contribution in [2.75, 3.05) is 6.54 Å².